The molecule has 0 aromatic heterocycles. The predicted octanol–water partition coefficient (Wildman–Crippen LogP) is 2.09. The summed E-state index contributed by atoms with van der Waals surface area (Å²) in [5.74, 6) is -2.24. The number of rotatable bonds is 1. The van der Waals surface area contributed by atoms with E-state index in [-0.39, 0.29) is 12.1 Å². The van der Waals surface area contributed by atoms with Gasteiger partial charge in [-0.3, -0.25) is 4.79 Å². The number of aliphatic hydroxyl groups is 1. The molecule has 2 aliphatic rings. The summed E-state index contributed by atoms with van der Waals surface area (Å²) in [7, 11) is 0. The van der Waals surface area contributed by atoms with E-state index < -0.39 is 29.2 Å². The second-order valence-electron chi connectivity index (χ2n) is 5.32. The van der Waals surface area contributed by atoms with Crippen molar-refractivity contribution in [2.75, 3.05) is 0 Å². The number of benzene rings is 1. The number of hydrogen-bond donors (Lipinski definition) is 1. The van der Waals surface area contributed by atoms with E-state index in [9.17, 15) is 18.7 Å². The van der Waals surface area contributed by atoms with Crippen LogP contribution < -0.4 is 0 Å². The van der Waals surface area contributed by atoms with Gasteiger partial charge in [0.05, 0.1) is 6.10 Å². The third-order valence-corrected chi connectivity index (χ3v) is 4.12. The minimum atomic E-state index is -0.824. The third kappa shape index (κ3) is 2.02. The molecule has 2 unspecified atom stereocenters. The first kappa shape index (κ1) is 12.5. The number of halogens is 2. The Morgan fingerprint density at radius 2 is 1.68 bits per heavy atom. The molecule has 1 aromatic carbocycles. The Balaban J connectivity index is 1.93. The average Bonchev–Trinajstić information content (AvgIpc) is 2.61. The van der Waals surface area contributed by atoms with Crippen LogP contribution in [0.5, 0.6) is 0 Å². The highest BCUT2D eigenvalue weighted by atomic mass is 19.1. The Bertz CT molecular complexity index is 486. The van der Waals surface area contributed by atoms with Crippen molar-refractivity contribution in [3.8, 4) is 0 Å². The number of aliphatic hydroxyl groups excluding tert-OH is 1. The Morgan fingerprint density at radius 3 is 2.21 bits per heavy atom. The molecule has 3 rings (SSSR count). The van der Waals surface area contributed by atoms with Crippen LogP contribution >= 0.6 is 0 Å². The standard InChI is InChI=1S/C14H15F2NO2/c15-11-2-1-3-12(16)13(11)14(19)17-8-4-5-9(17)7-10(18)6-8/h1-3,8-10,18H,4-7H2. The number of hydrogen-bond acceptors (Lipinski definition) is 2. The van der Waals surface area contributed by atoms with Crippen LogP contribution in [0.4, 0.5) is 8.78 Å². The zero-order valence-corrected chi connectivity index (χ0v) is 10.4. The second-order valence-corrected chi connectivity index (χ2v) is 5.32. The fourth-order valence-corrected chi connectivity index (χ4v) is 3.31. The SMILES string of the molecule is O=C(c1c(F)cccc1F)N1C2CCC1CC(O)C2. The molecule has 19 heavy (non-hydrogen) atoms. The highest BCUT2D eigenvalue weighted by Gasteiger charge is 2.43. The number of amides is 1. The van der Waals surface area contributed by atoms with Crippen LogP contribution in [0.2, 0.25) is 0 Å². The quantitative estimate of drug-likeness (QED) is 0.846. The summed E-state index contributed by atoms with van der Waals surface area (Å²) in [5, 5.41) is 9.68. The zero-order valence-electron chi connectivity index (χ0n) is 10.4. The van der Waals surface area contributed by atoms with Crippen molar-refractivity contribution in [1.82, 2.24) is 4.90 Å². The van der Waals surface area contributed by atoms with E-state index in [2.05, 4.69) is 0 Å². The van der Waals surface area contributed by atoms with Crippen LogP contribution in [0.25, 0.3) is 0 Å². The van der Waals surface area contributed by atoms with Crippen molar-refractivity contribution in [3.63, 3.8) is 0 Å². The van der Waals surface area contributed by atoms with Gasteiger partial charge in [-0.2, -0.15) is 0 Å². The molecule has 0 radical (unpaired) electrons. The van der Waals surface area contributed by atoms with Gasteiger partial charge in [-0.05, 0) is 37.8 Å². The molecule has 102 valence electrons. The molecular formula is C14H15F2NO2. The van der Waals surface area contributed by atoms with Gasteiger partial charge in [0.15, 0.2) is 0 Å². The average molecular weight is 267 g/mol. The summed E-state index contributed by atoms with van der Waals surface area (Å²) in [6.45, 7) is 0. The molecule has 0 spiro atoms. The largest absolute Gasteiger partial charge is 0.393 e. The molecular weight excluding hydrogens is 252 g/mol. The molecule has 2 fully saturated rings. The highest BCUT2D eigenvalue weighted by molar-refractivity contribution is 5.95. The number of carbonyl (C=O) groups excluding carboxylic acids is 1. The first-order valence-corrected chi connectivity index (χ1v) is 6.52. The van der Waals surface area contributed by atoms with Gasteiger partial charge in [0.2, 0.25) is 0 Å². The van der Waals surface area contributed by atoms with E-state index in [0.717, 1.165) is 25.0 Å². The molecule has 2 bridgehead atoms. The minimum absolute atomic E-state index is 0.0970. The number of nitrogens with zero attached hydrogens (tertiary/aromatic N) is 1. The van der Waals surface area contributed by atoms with E-state index in [0.29, 0.717) is 12.8 Å². The molecule has 1 N–H and O–H groups in total. The zero-order chi connectivity index (χ0) is 13.6. The summed E-state index contributed by atoms with van der Waals surface area (Å²) in [6, 6.07) is 3.24. The molecule has 2 saturated heterocycles. The van der Waals surface area contributed by atoms with Gasteiger partial charge in [0.1, 0.15) is 17.2 Å². The summed E-state index contributed by atoms with van der Waals surface area (Å²) < 4.78 is 27.3. The molecule has 1 amide bonds. The third-order valence-electron chi connectivity index (χ3n) is 4.12. The van der Waals surface area contributed by atoms with Gasteiger partial charge < -0.3 is 10.0 Å². The lowest BCUT2D eigenvalue weighted by atomic mass is 9.98. The van der Waals surface area contributed by atoms with Crippen LogP contribution in [0.3, 0.4) is 0 Å². The van der Waals surface area contributed by atoms with Gasteiger partial charge in [0.25, 0.3) is 5.91 Å². The highest BCUT2D eigenvalue weighted by Crippen LogP contribution is 2.37. The van der Waals surface area contributed by atoms with Gasteiger partial charge >= 0.3 is 0 Å². The molecule has 0 saturated carbocycles. The van der Waals surface area contributed by atoms with Gasteiger partial charge in [-0.25, -0.2) is 8.78 Å². The van der Waals surface area contributed by atoms with Gasteiger partial charge in [-0.1, -0.05) is 6.07 Å². The van der Waals surface area contributed by atoms with E-state index in [1.165, 1.54) is 6.07 Å². The monoisotopic (exact) mass is 267 g/mol. The lowest BCUT2D eigenvalue weighted by Crippen LogP contribution is -2.48. The van der Waals surface area contributed by atoms with E-state index in [4.69, 9.17) is 0 Å². The Labute approximate surface area is 109 Å². The van der Waals surface area contributed by atoms with Crippen molar-refractivity contribution < 1.29 is 18.7 Å². The van der Waals surface area contributed by atoms with Crippen LogP contribution in [0, 0.1) is 11.6 Å². The molecule has 3 nitrogen and oxygen atoms in total. The van der Waals surface area contributed by atoms with Crippen molar-refractivity contribution in [2.24, 2.45) is 0 Å². The van der Waals surface area contributed by atoms with E-state index in [1.807, 2.05) is 0 Å². The van der Waals surface area contributed by atoms with Gasteiger partial charge in [0, 0.05) is 12.1 Å². The summed E-state index contributed by atoms with van der Waals surface area (Å²) in [4.78, 5) is 13.9. The lowest BCUT2D eigenvalue weighted by Gasteiger charge is -2.37. The van der Waals surface area contributed by atoms with Crippen molar-refractivity contribution in [2.45, 2.75) is 43.9 Å². The maximum atomic E-state index is 13.7. The van der Waals surface area contributed by atoms with E-state index >= 15 is 0 Å². The molecule has 2 aliphatic heterocycles. The molecule has 5 heteroatoms. The van der Waals surface area contributed by atoms with Crippen molar-refractivity contribution in [3.05, 3.63) is 35.4 Å². The topological polar surface area (TPSA) is 40.5 Å². The normalized spacial score (nSPS) is 29.6. The first-order valence-electron chi connectivity index (χ1n) is 6.52. The Kier molecular flexibility index (Phi) is 3.01. The van der Waals surface area contributed by atoms with Crippen LogP contribution in [0.1, 0.15) is 36.0 Å². The van der Waals surface area contributed by atoms with Crippen LogP contribution in [-0.4, -0.2) is 34.1 Å². The van der Waals surface area contributed by atoms with Crippen LogP contribution in [-0.2, 0) is 0 Å². The summed E-state index contributed by atoms with van der Waals surface area (Å²) >= 11 is 0. The molecule has 2 atom stereocenters. The fraction of sp³-hybridized carbons (Fsp3) is 0.500. The van der Waals surface area contributed by atoms with Crippen LogP contribution in [0.15, 0.2) is 18.2 Å². The molecule has 0 aliphatic carbocycles. The molecule has 2 heterocycles. The maximum Gasteiger partial charge on any atom is 0.260 e. The smallest absolute Gasteiger partial charge is 0.260 e. The van der Waals surface area contributed by atoms with Crippen molar-refractivity contribution >= 4 is 5.91 Å². The first-order chi connectivity index (χ1) is 9.08. The van der Waals surface area contributed by atoms with Gasteiger partial charge in [-0.15, -0.1) is 0 Å². The number of piperidine rings is 1. The minimum Gasteiger partial charge on any atom is -0.393 e. The fourth-order valence-electron chi connectivity index (χ4n) is 3.31. The summed E-state index contributed by atoms with van der Waals surface area (Å²) in [6.07, 6.45) is 2.18. The predicted molar refractivity (Wildman–Crippen MR) is 64.6 cm³/mol. The Hall–Kier alpha value is -1.49. The molecule has 1 aromatic rings. The number of carbonyl (C=O) groups is 1. The Morgan fingerprint density at radius 1 is 1.16 bits per heavy atom. The van der Waals surface area contributed by atoms with E-state index in [1.54, 1.807) is 4.90 Å². The van der Waals surface area contributed by atoms with Crippen molar-refractivity contribution in [1.29, 1.82) is 0 Å². The number of fused-ring (bicyclic) bond motifs is 2. The second kappa shape index (κ2) is 4.56. The maximum absolute atomic E-state index is 13.7. The summed E-state index contributed by atoms with van der Waals surface area (Å²) in [5.41, 5.74) is -0.476. The lowest BCUT2D eigenvalue weighted by molar-refractivity contribution is 0.0280.